The van der Waals surface area contributed by atoms with Gasteiger partial charge in [-0.15, -0.1) is 0 Å². The van der Waals surface area contributed by atoms with Gasteiger partial charge in [-0.2, -0.15) is 0 Å². The Hall–Kier alpha value is -2.55. The third kappa shape index (κ3) is 2.41. The van der Waals surface area contributed by atoms with Crippen molar-refractivity contribution >= 4 is 16.7 Å². The number of fused-ring (bicyclic) bond motifs is 2. The van der Waals surface area contributed by atoms with Gasteiger partial charge < -0.3 is 0 Å². The standard InChI is InChI=1S/C21H18FNO/c1-21(2)11-17-20(18(24)12-21)19(13-7-9-14(22)10-8-13)15-5-3-4-6-16(15)23-17/h3-10H,11-12H2,1-2H3. The molecule has 1 aliphatic carbocycles. The van der Waals surface area contributed by atoms with E-state index in [2.05, 4.69) is 13.8 Å². The van der Waals surface area contributed by atoms with E-state index in [4.69, 9.17) is 4.98 Å². The first kappa shape index (κ1) is 15.0. The average molecular weight is 319 g/mol. The first-order chi connectivity index (χ1) is 11.4. The van der Waals surface area contributed by atoms with Crippen molar-refractivity contribution < 1.29 is 9.18 Å². The second-order valence-corrected chi connectivity index (χ2v) is 7.27. The minimum absolute atomic E-state index is 0.0837. The van der Waals surface area contributed by atoms with E-state index >= 15 is 0 Å². The number of carbonyl (C=O) groups is 1. The number of Topliss-reactive ketones (excluding diaryl/α,β-unsaturated/α-hetero) is 1. The van der Waals surface area contributed by atoms with Crippen LogP contribution in [0.5, 0.6) is 0 Å². The lowest BCUT2D eigenvalue weighted by atomic mass is 9.73. The van der Waals surface area contributed by atoms with E-state index in [-0.39, 0.29) is 17.0 Å². The Kier molecular flexibility index (Phi) is 3.27. The van der Waals surface area contributed by atoms with Gasteiger partial charge in [-0.3, -0.25) is 9.78 Å². The Balaban J connectivity index is 2.09. The zero-order chi connectivity index (χ0) is 16.9. The van der Waals surface area contributed by atoms with Crippen LogP contribution in [0.4, 0.5) is 4.39 Å². The number of nitrogens with zero attached hydrogens (tertiary/aromatic N) is 1. The highest BCUT2D eigenvalue weighted by Crippen LogP contribution is 2.41. The molecule has 0 aliphatic heterocycles. The van der Waals surface area contributed by atoms with Crippen LogP contribution >= 0.6 is 0 Å². The highest BCUT2D eigenvalue weighted by molar-refractivity contribution is 6.11. The maximum Gasteiger partial charge on any atom is 0.165 e. The van der Waals surface area contributed by atoms with Crippen molar-refractivity contribution in [2.45, 2.75) is 26.7 Å². The van der Waals surface area contributed by atoms with Crippen LogP contribution in [-0.4, -0.2) is 10.8 Å². The van der Waals surface area contributed by atoms with Crippen LogP contribution in [0, 0.1) is 11.2 Å². The molecule has 4 rings (SSSR count). The van der Waals surface area contributed by atoms with Gasteiger partial charge in [-0.25, -0.2) is 4.39 Å². The number of hydrogen-bond acceptors (Lipinski definition) is 2. The van der Waals surface area contributed by atoms with E-state index in [0.717, 1.165) is 34.1 Å². The predicted molar refractivity (Wildman–Crippen MR) is 93.6 cm³/mol. The Bertz CT molecular complexity index is 957. The van der Waals surface area contributed by atoms with Crippen LogP contribution in [0.2, 0.25) is 0 Å². The van der Waals surface area contributed by atoms with Gasteiger partial charge in [0.25, 0.3) is 0 Å². The molecule has 2 aromatic carbocycles. The summed E-state index contributed by atoms with van der Waals surface area (Å²) in [5.41, 5.74) is 4.10. The molecule has 24 heavy (non-hydrogen) atoms. The fourth-order valence-electron chi connectivity index (χ4n) is 3.65. The van der Waals surface area contributed by atoms with E-state index < -0.39 is 0 Å². The number of para-hydroxylation sites is 1. The summed E-state index contributed by atoms with van der Waals surface area (Å²) in [6.07, 6.45) is 1.28. The summed E-state index contributed by atoms with van der Waals surface area (Å²) >= 11 is 0. The SMILES string of the molecule is CC1(C)CC(=O)c2c(nc3ccccc3c2-c2ccc(F)cc2)C1. The largest absolute Gasteiger partial charge is 0.294 e. The molecular formula is C21H18FNO. The smallest absolute Gasteiger partial charge is 0.165 e. The molecule has 0 N–H and O–H groups in total. The molecule has 0 atom stereocenters. The molecule has 0 amide bonds. The number of hydrogen-bond donors (Lipinski definition) is 0. The summed E-state index contributed by atoms with van der Waals surface area (Å²) in [6.45, 7) is 4.20. The minimum atomic E-state index is -0.279. The van der Waals surface area contributed by atoms with Crippen molar-refractivity contribution in [1.82, 2.24) is 4.98 Å². The Morgan fingerprint density at radius 1 is 0.958 bits per heavy atom. The van der Waals surface area contributed by atoms with Crippen molar-refractivity contribution in [1.29, 1.82) is 0 Å². The van der Waals surface area contributed by atoms with E-state index in [1.165, 1.54) is 12.1 Å². The van der Waals surface area contributed by atoms with Crippen molar-refractivity contribution in [3.05, 3.63) is 65.6 Å². The van der Waals surface area contributed by atoms with Gasteiger partial charge in [-0.05, 0) is 35.6 Å². The summed E-state index contributed by atoms with van der Waals surface area (Å²) in [5, 5.41) is 0.941. The monoisotopic (exact) mass is 319 g/mol. The third-order valence-corrected chi connectivity index (χ3v) is 4.66. The molecule has 0 saturated carbocycles. The fraction of sp³-hybridized carbons (Fsp3) is 0.238. The summed E-state index contributed by atoms with van der Waals surface area (Å²) in [7, 11) is 0. The lowest BCUT2D eigenvalue weighted by Gasteiger charge is -2.31. The van der Waals surface area contributed by atoms with Crippen molar-refractivity contribution in [2.75, 3.05) is 0 Å². The highest BCUT2D eigenvalue weighted by Gasteiger charge is 2.34. The number of benzene rings is 2. The van der Waals surface area contributed by atoms with Crippen LogP contribution in [-0.2, 0) is 6.42 Å². The molecule has 120 valence electrons. The number of carbonyl (C=O) groups excluding carboxylic acids is 1. The van der Waals surface area contributed by atoms with Gasteiger partial charge in [-0.1, -0.05) is 44.2 Å². The van der Waals surface area contributed by atoms with Crippen molar-refractivity contribution in [3.63, 3.8) is 0 Å². The van der Waals surface area contributed by atoms with Crippen molar-refractivity contribution in [3.8, 4) is 11.1 Å². The fourth-order valence-corrected chi connectivity index (χ4v) is 3.65. The molecule has 0 radical (unpaired) electrons. The average Bonchev–Trinajstić information content (AvgIpc) is 2.52. The van der Waals surface area contributed by atoms with Gasteiger partial charge in [0.15, 0.2) is 5.78 Å². The Morgan fingerprint density at radius 3 is 2.42 bits per heavy atom. The summed E-state index contributed by atoms with van der Waals surface area (Å²) in [5.74, 6) is -0.155. The normalized spacial score (nSPS) is 16.2. The van der Waals surface area contributed by atoms with E-state index in [0.29, 0.717) is 12.0 Å². The molecular weight excluding hydrogens is 301 g/mol. The van der Waals surface area contributed by atoms with Gasteiger partial charge in [0.2, 0.25) is 0 Å². The van der Waals surface area contributed by atoms with Gasteiger partial charge in [0.1, 0.15) is 5.82 Å². The second kappa shape index (κ2) is 5.23. The number of rotatable bonds is 1. The zero-order valence-electron chi connectivity index (χ0n) is 13.8. The molecule has 3 aromatic rings. The molecule has 1 aromatic heterocycles. The Labute approximate surface area is 140 Å². The number of aromatic nitrogens is 1. The predicted octanol–water partition coefficient (Wildman–Crippen LogP) is 5.20. The Morgan fingerprint density at radius 2 is 1.67 bits per heavy atom. The maximum absolute atomic E-state index is 13.4. The van der Waals surface area contributed by atoms with Gasteiger partial charge in [0.05, 0.1) is 11.2 Å². The van der Waals surface area contributed by atoms with Gasteiger partial charge >= 0.3 is 0 Å². The summed E-state index contributed by atoms with van der Waals surface area (Å²) in [6, 6.07) is 14.2. The van der Waals surface area contributed by atoms with E-state index in [9.17, 15) is 9.18 Å². The zero-order valence-corrected chi connectivity index (χ0v) is 13.8. The first-order valence-electron chi connectivity index (χ1n) is 8.15. The first-order valence-corrected chi connectivity index (χ1v) is 8.15. The second-order valence-electron chi connectivity index (χ2n) is 7.27. The minimum Gasteiger partial charge on any atom is -0.294 e. The molecule has 2 nitrogen and oxygen atoms in total. The lowest BCUT2D eigenvalue weighted by Crippen LogP contribution is -2.28. The van der Waals surface area contributed by atoms with Crippen LogP contribution in [0.1, 0.15) is 36.3 Å². The number of ketones is 1. The third-order valence-electron chi connectivity index (χ3n) is 4.66. The maximum atomic E-state index is 13.4. The van der Waals surface area contributed by atoms with E-state index in [1.807, 2.05) is 24.3 Å². The van der Waals surface area contributed by atoms with Crippen LogP contribution in [0.25, 0.3) is 22.0 Å². The van der Waals surface area contributed by atoms with Crippen LogP contribution < -0.4 is 0 Å². The summed E-state index contributed by atoms with van der Waals surface area (Å²) < 4.78 is 13.4. The molecule has 0 fully saturated rings. The highest BCUT2D eigenvalue weighted by atomic mass is 19.1. The number of halogens is 1. The molecule has 1 aliphatic rings. The van der Waals surface area contributed by atoms with Crippen LogP contribution in [0.3, 0.4) is 0 Å². The molecule has 0 spiro atoms. The molecule has 3 heteroatoms. The molecule has 0 unspecified atom stereocenters. The quantitative estimate of drug-likeness (QED) is 0.617. The van der Waals surface area contributed by atoms with Crippen LogP contribution in [0.15, 0.2) is 48.5 Å². The number of pyridine rings is 1. The molecule has 0 bridgehead atoms. The van der Waals surface area contributed by atoms with Crippen molar-refractivity contribution in [2.24, 2.45) is 5.41 Å². The van der Waals surface area contributed by atoms with E-state index in [1.54, 1.807) is 12.1 Å². The topological polar surface area (TPSA) is 30.0 Å². The molecule has 1 heterocycles. The lowest BCUT2D eigenvalue weighted by molar-refractivity contribution is 0.0911. The molecule has 0 saturated heterocycles. The summed E-state index contributed by atoms with van der Waals surface area (Å²) in [4.78, 5) is 17.7. The van der Waals surface area contributed by atoms with Gasteiger partial charge in [0, 0.05) is 22.9 Å².